The van der Waals surface area contributed by atoms with E-state index in [2.05, 4.69) is 0 Å². The summed E-state index contributed by atoms with van der Waals surface area (Å²) in [5, 5.41) is 0.188. The lowest BCUT2D eigenvalue weighted by Crippen LogP contribution is -2.43. The molecule has 0 atom stereocenters. The van der Waals surface area contributed by atoms with Crippen LogP contribution in [0.1, 0.15) is 42.3 Å². The second kappa shape index (κ2) is 9.79. The van der Waals surface area contributed by atoms with Gasteiger partial charge in [0, 0.05) is 29.8 Å². The molecule has 0 saturated heterocycles. The van der Waals surface area contributed by atoms with E-state index in [4.69, 9.17) is 21.1 Å². The van der Waals surface area contributed by atoms with Gasteiger partial charge in [0.2, 0.25) is 5.91 Å². The number of rotatable bonds is 5. The average molecular weight is 523 g/mol. The maximum atomic E-state index is 13.4. The fraction of sp³-hybridized carbons (Fsp3) is 0.440. The molecule has 10 heteroatoms. The van der Waals surface area contributed by atoms with Crippen molar-refractivity contribution in [1.29, 1.82) is 0 Å². The van der Waals surface area contributed by atoms with Crippen molar-refractivity contribution in [3.63, 3.8) is 0 Å². The molecule has 8 nitrogen and oxygen atoms in total. The number of methoxy groups -OCH3 is 1. The fourth-order valence-corrected chi connectivity index (χ4v) is 5.63. The Bertz CT molecular complexity index is 1280. The van der Waals surface area contributed by atoms with Crippen LogP contribution in [0.5, 0.6) is 11.5 Å². The third kappa shape index (κ3) is 5.63. The van der Waals surface area contributed by atoms with E-state index in [-0.39, 0.29) is 32.9 Å². The highest BCUT2D eigenvalue weighted by Crippen LogP contribution is 2.45. The number of ether oxygens (including phenoxy) is 2. The van der Waals surface area contributed by atoms with E-state index >= 15 is 0 Å². The molecule has 190 valence electrons. The van der Waals surface area contributed by atoms with E-state index in [1.54, 1.807) is 24.0 Å². The summed E-state index contributed by atoms with van der Waals surface area (Å²) in [6, 6.07) is 6.03. The summed E-state index contributed by atoms with van der Waals surface area (Å²) in [5.41, 5.74) is 0.729. The number of halogens is 1. The predicted molar refractivity (Wildman–Crippen MR) is 135 cm³/mol. The lowest BCUT2D eigenvalue weighted by Gasteiger charge is -2.31. The number of aryl methyl sites for hydroxylation is 1. The van der Waals surface area contributed by atoms with Crippen LogP contribution in [0.4, 0.5) is 5.69 Å². The molecule has 3 rings (SSSR count). The summed E-state index contributed by atoms with van der Waals surface area (Å²) in [5.74, 6) is -0.846. The Kier molecular flexibility index (Phi) is 7.55. The zero-order valence-electron chi connectivity index (χ0n) is 21.1. The molecule has 0 bridgehead atoms. The van der Waals surface area contributed by atoms with Crippen molar-refractivity contribution in [2.75, 3.05) is 39.2 Å². The standard InChI is InChI=1S/C25H31ClN2O6S/c1-15-10-16(23(29)33-7)12-20-21(15)34-22-17(14-35(20,31)32)11-18(13-19(22)26)28(9-8-27(5)6)24(30)25(2,3)4/h10-13H,8-9,14H2,1-7H3. The van der Waals surface area contributed by atoms with Gasteiger partial charge in [0.05, 0.1) is 23.4 Å². The number of sulfone groups is 1. The predicted octanol–water partition coefficient (Wildman–Crippen LogP) is 4.46. The van der Waals surface area contributed by atoms with Crippen LogP contribution in [0.3, 0.4) is 0 Å². The zero-order chi connectivity index (χ0) is 26.3. The average Bonchev–Trinajstić information content (AvgIpc) is 2.86. The number of nitrogens with zero attached hydrogens (tertiary/aromatic N) is 2. The van der Waals surface area contributed by atoms with Crippen molar-refractivity contribution in [3.05, 3.63) is 46.0 Å². The number of benzene rings is 2. The van der Waals surface area contributed by atoms with E-state index < -0.39 is 27.0 Å². The summed E-state index contributed by atoms with van der Waals surface area (Å²) in [4.78, 5) is 28.8. The van der Waals surface area contributed by atoms with Crippen LogP contribution in [0, 0.1) is 12.3 Å². The monoisotopic (exact) mass is 522 g/mol. The summed E-state index contributed by atoms with van der Waals surface area (Å²) in [7, 11) is 1.13. The molecule has 0 N–H and O–H groups in total. The number of fused-ring (bicyclic) bond motifs is 2. The van der Waals surface area contributed by atoms with Crippen LogP contribution in [-0.2, 0) is 25.1 Å². The van der Waals surface area contributed by atoms with Gasteiger partial charge in [0.15, 0.2) is 9.84 Å². The number of esters is 1. The molecule has 1 amide bonds. The van der Waals surface area contributed by atoms with Gasteiger partial charge in [0.25, 0.3) is 0 Å². The molecule has 0 aliphatic carbocycles. The Hall–Kier alpha value is -2.62. The molecule has 0 aromatic heterocycles. The minimum Gasteiger partial charge on any atom is -0.465 e. The molecule has 2 aromatic carbocycles. The Morgan fingerprint density at radius 1 is 1.09 bits per heavy atom. The second-order valence-electron chi connectivity index (χ2n) is 9.90. The van der Waals surface area contributed by atoms with Gasteiger partial charge >= 0.3 is 5.97 Å². The summed E-state index contributed by atoms with van der Waals surface area (Å²) < 4.78 is 37.6. The fourth-order valence-electron chi connectivity index (χ4n) is 3.79. The topological polar surface area (TPSA) is 93.2 Å². The van der Waals surface area contributed by atoms with Gasteiger partial charge in [0.1, 0.15) is 16.4 Å². The Balaban J connectivity index is 2.16. The lowest BCUT2D eigenvalue weighted by molar-refractivity contribution is -0.125. The van der Waals surface area contributed by atoms with Gasteiger partial charge in [-0.15, -0.1) is 0 Å². The summed E-state index contributed by atoms with van der Waals surface area (Å²) in [6.07, 6.45) is 0. The highest BCUT2D eigenvalue weighted by atomic mass is 35.5. The minimum atomic E-state index is -3.92. The van der Waals surface area contributed by atoms with E-state index in [0.717, 1.165) is 0 Å². The van der Waals surface area contributed by atoms with Crippen LogP contribution in [0.15, 0.2) is 29.2 Å². The molecule has 1 aliphatic heterocycles. The number of hydrogen-bond donors (Lipinski definition) is 0. The number of amides is 1. The van der Waals surface area contributed by atoms with E-state index in [1.807, 2.05) is 39.8 Å². The molecular weight excluding hydrogens is 492 g/mol. The van der Waals surface area contributed by atoms with Crippen molar-refractivity contribution in [1.82, 2.24) is 4.90 Å². The molecule has 0 spiro atoms. The summed E-state index contributed by atoms with van der Waals surface area (Å²) in [6.45, 7) is 8.14. The number of carbonyl (C=O) groups is 2. The normalized spacial score (nSPS) is 14.4. The van der Waals surface area contributed by atoms with Crippen molar-refractivity contribution in [3.8, 4) is 11.5 Å². The van der Waals surface area contributed by atoms with Gasteiger partial charge in [-0.2, -0.15) is 0 Å². The quantitative estimate of drug-likeness (QED) is 0.535. The van der Waals surface area contributed by atoms with Crippen LogP contribution in [0.2, 0.25) is 5.02 Å². The maximum Gasteiger partial charge on any atom is 0.337 e. The third-order valence-corrected chi connectivity index (χ3v) is 7.57. The number of likely N-dealkylation sites (N-methyl/N-ethyl adjacent to an activating group) is 1. The van der Waals surface area contributed by atoms with E-state index in [9.17, 15) is 18.0 Å². The molecule has 0 fully saturated rings. The SMILES string of the molecule is COC(=O)c1cc(C)c2c(c1)S(=O)(=O)Cc1cc(N(CCN(C)C)C(=O)C(C)(C)C)cc(Cl)c1O2. The van der Waals surface area contributed by atoms with Gasteiger partial charge < -0.3 is 19.3 Å². The van der Waals surface area contributed by atoms with Crippen LogP contribution in [0.25, 0.3) is 0 Å². The van der Waals surface area contributed by atoms with E-state index in [1.165, 1.54) is 19.2 Å². The molecule has 1 heterocycles. The highest BCUT2D eigenvalue weighted by Gasteiger charge is 2.33. The van der Waals surface area contributed by atoms with Crippen LogP contribution >= 0.6 is 11.6 Å². The minimum absolute atomic E-state index is 0.109. The lowest BCUT2D eigenvalue weighted by atomic mass is 9.94. The maximum absolute atomic E-state index is 13.4. The third-order valence-electron chi connectivity index (χ3n) is 5.62. The van der Waals surface area contributed by atoms with Crippen molar-refractivity contribution >= 4 is 39.0 Å². The first-order valence-corrected chi connectivity index (χ1v) is 13.1. The van der Waals surface area contributed by atoms with Crippen LogP contribution < -0.4 is 9.64 Å². The molecule has 0 unspecified atom stereocenters. The van der Waals surface area contributed by atoms with Crippen LogP contribution in [-0.4, -0.2) is 59.5 Å². The number of anilines is 1. The Labute approximate surface area is 211 Å². The van der Waals surface area contributed by atoms with E-state index in [0.29, 0.717) is 29.9 Å². The molecule has 35 heavy (non-hydrogen) atoms. The van der Waals surface area contributed by atoms with Crippen molar-refractivity contribution in [2.24, 2.45) is 5.41 Å². The Morgan fingerprint density at radius 2 is 1.74 bits per heavy atom. The summed E-state index contributed by atoms with van der Waals surface area (Å²) >= 11 is 6.62. The van der Waals surface area contributed by atoms with Gasteiger partial charge in [-0.3, -0.25) is 4.79 Å². The largest absolute Gasteiger partial charge is 0.465 e. The van der Waals surface area contributed by atoms with Gasteiger partial charge in [-0.1, -0.05) is 32.4 Å². The molecule has 2 aromatic rings. The smallest absolute Gasteiger partial charge is 0.337 e. The van der Waals surface area contributed by atoms with Crippen molar-refractivity contribution < 1.29 is 27.5 Å². The first kappa shape index (κ1) is 27.0. The molecule has 0 radical (unpaired) electrons. The zero-order valence-corrected chi connectivity index (χ0v) is 22.6. The van der Waals surface area contributed by atoms with Gasteiger partial charge in [-0.25, -0.2) is 13.2 Å². The molecular formula is C25H31ClN2O6S. The molecule has 0 saturated carbocycles. The first-order valence-electron chi connectivity index (χ1n) is 11.1. The number of carbonyl (C=O) groups excluding carboxylic acids is 2. The number of hydrogen-bond acceptors (Lipinski definition) is 7. The first-order chi connectivity index (χ1) is 16.2. The Morgan fingerprint density at radius 3 is 2.31 bits per heavy atom. The molecule has 1 aliphatic rings. The van der Waals surface area contributed by atoms with Crippen molar-refractivity contribution in [2.45, 2.75) is 38.3 Å². The second-order valence-corrected chi connectivity index (χ2v) is 12.3. The highest BCUT2D eigenvalue weighted by molar-refractivity contribution is 7.90. The van der Waals surface area contributed by atoms with Gasteiger partial charge in [-0.05, 0) is 50.8 Å².